The molecule has 9 heteroatoms. The molecule has 1 heterocycles. The van der Waals surface area contributed by atoms with E-state index in [0.717, 1.165) is 3.79 Å². The number of carboxylic acids is 1. The Morgan fingerprint density at radius 2 is 2.10 bits per heavy atom. The number of nitrogens with one attached hydrogen (secondary N) is 1. The van der Waals surface area contributed by atoms with Crippen molar-refractivity contribution in [2.24, 2.45) is 0 Å². The van der Waals surface area contributed by atoms with E-state index in [-0.39, 0.29) is 19.4 Å². The van der Waals surface area contributed by atoms with E-state index in [0.29, 0.717) is 9.35 Å². The average molecular weight is 443 g/mol. The van der Waals surface area contributed by atoms with Crippen LogP contribution in [0.3, 0.4) is 0 Å². The highest BCUT2D eigenvalue weighted by atomic mass is 79.9. The normalized spacial score (nSPS) is 11.8. The summed E-state index contributed by atoms with van der Waals surface area (Å²) in [6, 6.07) is 0.446. The van der Waals surface area contributed by atoms with Gasteiger partial charge in [-0.05, 0) is 51.3 Å². The number of hydrogen-bond acceptors (Lipinski definition) is 5. The van der Waals surface area contributed by atoms with E-state index in [9.17, 15) is 14.4 Å². The molecule has 0 radical (unpaired) electrons. The van der Waals surface area contributed by atoms with Gasteiger partial charge in [0.15, 0.2) is 0 Å². The predicted octanol–water partition coefficient (Wildman–Crippen LogP) is 2.80. The summed E-state index contributed by atoms with van der Waals surface area (Å²) >= 11 is 7.79. The summed E-state index contributed by atoms with van der Waals surface area (Å²) in [6.45, 7) is 1.90. The second-order valence-corrected chi connectivity index (χ2v) is 7.70. The lowest BCUT2D eigenvalue weighted by molar-refractivity contribution is -0.144. The fraction of sp³-hybridized carbons (Fsp3) is 0.417. The van der Waals surface area contributed by atoms with Gasteiger partial charge in [-0.15, -0.1) is 11.3 Å². The number of ether oxygens (including phenoxy) is 1. The lowest BCUT2D eigenvalue weighted by Crippen LogP contribution is -2.41. The van der Waals surface area contributed by atoms with Gasteiger partial charge in [0.2, 0.25) is 0 Å². The molecule has 0 saturated carbocycles. The fourth-order valence-corrected chi connectivity index (χ4v) is 4.28. The van der Waals surface area contributed by atoms with Gasteiger partial charge < -0.3 is 15.2 Å². The van der Waals surface area contributed by atoms with Crippen LogP contribution in [-0.4, -0.2) is 35.6 Å². The Hall–Kier alpha value is -0.930. The second kappa shape index (κ2) is 8.50. The van der Waals surface area contributed by atoms with Gasteiger partial charge in [-0.3, -0.25) is 9.59 Å². The van der Waals surface area contributed by atoms with E-state index in [1.54, 1.807) is 13.0 Å². The summed E-state index contributed by atoms with van der Waals surface area (Å²) in [5.74, 6) is -2.20. The number of carbonyl (C=O) groups excluding carboxylic acids is 2. The number of carboxylic acid groups (broad SMARTS) is 1. The first kappa shape index (κ1) is 18.1. The predicted molar refractivity (Wildman–Crippen MR) is 84.5 cm³/mol. The molecule has 6 nitrogen and oxygen atoms in total. The van der Waals surface area contributed by atoms with Crippen LogP contribution in [0.15, 0.2) is 13.6 Å². The van der Waals surface area contributed by atoms with Crippen molar-refractivity contribution in [3.63, 3.8) is 0 Å². The number of esters is 1. The molecule has 1 amide bonds. The lowest BCUT2D eigenvalue weighted by Gasteiger charge is -2.13. The van der Waals surface area contributed by atoms with Crippen LogP contribution in [0.5, 0.6) is 0 Å². The third-order valence-corrected chi connectivity index (χ3v) is 4.79. The van der Waals surface area contributed by atoms with E-state index >= 15 is 0 Å². The number of amides is 1. The van der Waals surface area contributed by atoms with Gasteiger partial charge in [-0.1, -0.05) is 0 Å². The summed E-state index contributed by atoms with van der Waals surface area (Å²) < 4.78 is 6.07. The number of hydrogen-bond donors (Lipinski definition) is 2. The van der Waals surface area contributed by atoms with Crippen molar-refractivity contribution in [2.45, 2.75) is 25.8 Å². The Labute approximate surface area is 142 Å². The summed E-state index contributed by atoms with van der Waals surface area (Å²) in [6.07, 6.45) is -0.0948. The summed E-state index contributed by atoms with van der Waals surface area (Å²) in [5.41, 5.74) is 0.342. The number of halogens is 2. The largest absolute Gasteiger partial charge is 0.480 e. The Balaban J connectivity index is 2.66. The number of thiophene rings is 1. The van der Waals surface area contributed by atoms with Crippen LogP contribution in [0.1, 0.15) is 30.1 Å². The highest BCUT2D eigenvalue weighted by Crippen LogP contribution is 2.31. The smallest absolute Gasteiger partial charge is 0.326 e. The van der Waals surface area contributed by atoms with E-state index in [4.69, 9.17) is 9.84 Å². The molecule has 1 aromatic heterocycles. The first-order chi connectivity index (χ1) is 9.85. The molecule has 1 atom stereocenters. The van der Waals surface area contributed by atoms with E-state index < -0.39 is 23.9 Å². The molecule has 0 aliphatic rings. The van der Waals surface area contributed by atoms with Crippen LogP contribution in [0.2, 0.25) is 0 Å². The Morgan fingerprint density at radius 1 is 1.43 bits per heavy atom. The van der Waals surface area contributed by atoms with Crippen LogP contribution < -0.4 is 5.32 Å². The molecule has 0 aliphatic heterocycles. The fourth-order valence-electron chi connectivity index (χ4n) is 1.48. The van der Waals surface area contributed by atoms with Crippen molar-refractivity contribution in [2.75, 3.05) is 6.61 Å². The molecule has 1 rings (SSSR count). The molecule has 2 N–H and O–H groups in total. The maximum Gasteiger partial charge on any atom is 0.326 e. The van der Waals surface area contributed by atoms with E-state index in [2.05, 4.69) is 37.2 Å². The SMILES string of the molecule is CCOC(=O)CC[C@H](NC(=O)c1cc(Br)sc1Br)C(=O)O. The molecule has 116 valence electrons. The van der Waals surface area contributed by atoms with E-state index in [1.165, 1.54) is 11.3 Å². The minimum Gasteiger partial charge on any atom is -0.480 e. The Morgan fingerprint density at radius 3 is 2.57 bits per heavy atom. The molecule has 1 aromatic rings. The summed E-state index contributed by atoms with van der Waals surface area (Å²) in [4.78, 5) is 34.4. The number of aliphatic carboxylic acids is 1. The molecular formula is C12H13Br2NO5S. The van der Waals surface area contributed by atoms with Crippen LogP contribution in [0.25, 0.3) is 0 Å². The number of rotatable bonds is 7. The van der Waals surface area contributed by atoms with Gasteiger partial charge in [0.05, 0.1) is 19.7 Å². The van der Waals surface area contributed by atoms with Crippen molar-refractivity contribution in [1.82, 2.24) is 5.32 Å². The first-order valence-corrected chi connectivity index (χ1v) is 8.39. The maximum atomic E-state index is 12.0. The van der Waals surface area contributed by atoms with Gasteiger partial charge in [0, 0.05) is 6.42 Å². The van der Waals surface area contributed by atoms with Gasteiger partial charge >= 0.3 is 11.9 Å². The molecule has 0 aromatic carbocycles. The zero-order valence-electron chi connectivity index (χ0n) is 11.0. The third kappa shape index (κ3) is 5.76. The molecular weight excluding hydrogens is 430 g/mol. The van der Waals surface area contributed by atoms with Crippen LogP contribution >= 0.6 is 43.2 Å². The minimum atomic E-state index is -1.20. The van der Waals surface area contributed by atoms with Crippen molar-refractivity contribution in [1.29, 1.82) is 0 Å². The standard InChI is InChI=1S/C12H13Br2NO5S/c1-2-20-9(16)4-3-7(12(18)19)15-11(17)6-5-8(13)21-10(6)14/h5,7H,2-4H2,1H3,(H,15,17)(H,18,19)/t7-/m0/s1. The number of carbonyl (C=O) groups is 3. The first-order valence-electron chi connectivity index (χ1n) is 5.99. The van der Waals surface area contributed by atoms with Crippen LogP contribution in [0.4, 0.5) is 0 Å². The zero-order valence-corrected chi connectivity index (χ0v) is 15.0. The minimum absolute atomic E-state index is 0.0250. The quantitative estimate of drug-likeness (QED) is 0.633. The highest BCUT2D eigenvalue weighted by Gasteiger charge is 2.23. The van der Waals surface area contributed by atoms with Crippen LogP contribution in [0, 0.1) is 0 Å². The second-order valence-electron chi connectivity index (χ2n) is 3.95. The summed E-state index contributed by atoms with van der Waals surface area (Å²) in [7, 11) is 0. The van der Waals surface area contributed by atoms with Gasteiger partial charge in [0.25, 0.3) is 5.91 Å². The van der Waals surface area contributed by atoms with Crippen LogP contribution in [-0.2, 0) is 14.3 Å². The third-order valence-electron chi connectivity index (χ3n) is 2.45. The summed E-state index contributed by atoms with van der Waals surface area (Å²) in [5, 5.41) is 11.5. The average Bonchev–Trinajstić information content (AvgIpc) is 2.73. The monoisotopic (exact) mass is 441 g/mol. The highest BCUT2D eigenvalue weighted by molar-refractivity contribution is 9.12. The van der Waals surface area contributed by atoms with Gasteiger partial charge in [0.1, 0.15) is 6.04 Å². The molecule has 0 saturated heterocycles. The van der Waals surface area contributed by atoms with Crippen molar-refractivity contribution < 1.29 is 24.2 Å². The van der Waals surface area contributed by atoms with Crippen molar-refractivity contribution in [3.05, 3.63) is 19.2 Å². The van der Waals surface area contributed by atoms with Crippen molar-refractivity contribution >= 4 is 61.0 Å². The maximum absolute atomic E-state index is 12.0. The van der Waals surface area contributed by atoms with Gasteiger partial charge in [-0.25, -0.2) is 4.79 Å². The molecule has 0 fully saturated rings. The topological polar surface area (TPSA) is 92.7 Å². The lowest BCUT2D eigenvalue weighted by atomic mass is 10.1. The van der Waals surface area contributed by atoms with E-state index in [1.807, 2.05) is 0 Å². The molecule has 21 heavy (non-hydrogen) atoms. The van der Waals surface area contributed by atoms with Crippen molar-refractivity contribution in [3.8, 4) is 0 Å². The van der Waals surface area contributed by atoms with Gasteiger partial charge in [-0.2, -0.15) is 0 Å². The molecule has 0 aliphatic carbocycles. The molecule has 0 bridgehead atoms. The zero-order chi connectivity index (χ0) is 16.0. The molecule has 0 unspecified atom stereocenters. The Kier molecular flexibility index (Phi) is 7.33. The molecule has 0 spiro atoms. The Bertz CT molecular complexity index is 546.